The second-order valence-electron chi connectivity index (χ2n) is 3.91. The van der Waals surface area contributed by atoms with Gasteiger partial charge in [-0.1, -0.05) is 23.2 Å². The van der Waals surface area contributed by atoms with Gasteiger partial charge in [-0.25, -0.2) is 4.79 Å². The summed E-state index contributed by atoms with van der Waals surface area (Å²) in [5, 5.41) is 19.5. The molecule has 1 aliphatic rings. The third kappa shape index (κ3) is 3.22. The van der Waals surface area contributed by atoms with Crippen LogP contribution in [-0.4, -0.2) is 40.0 Å². The zero-order valence-corrected chi connectivity index (χ0v) is 10.8. The summed E-state index contributed by atoms with van der Waals surface area (Å²) in [5.74, 6) is -0.927. The fourth-order valence-electron chi connectivity index (χ4n) is 1.74. The molecule has 1 aliphatic heterocycles. The lowest BCUT2D eigenvalue weighted by Crippen LogP contribution is -2.24. The third-order valence-corrected chi connectivity index (χ3v) is 3.09. The second kappa shape index (κ2) is 5.69. The molecule has 98 valence electrons. The Labute approximate surface area is 113 Å². The molecule has 0 spiro atoms. The molecule has 1 aromatic rings. The van der Waals surface area contributed by atoms with E-state index < -0.39 is 12.1 Å². The van der Waals surface area contributed by atoms with E-state index in [0.717, 1.165) is 0 Å². The molecule has 1 aromatic heterocycles. The fourth-order valence-corrected chi connectivity index (χ4v) is 2.04. The monoisotopic (exact) mass is 291 g/mol. The summed E-state index contributed by atoms with van der Waals surface area (Å²) in [4.78, 5) is 10.7. The van der Waals surface area contributed by atoms with Gasteiger partial charge >= 0.3 is 5.97 Å². The first-order valence-corrected chi connectivity index (χ1v) is 6.12. The molecule has 0 saturated carbocycles. The summed E-state index contributed by atoms with van der Waals surface area (Å²) in [6.07, 6.45) is 0.332. The highest BCUT2D eigenvalue weighted by Crippen LogP contribution is 2.23. The van der Waals surface area contributed by atoms with Gasteiger partial charge in [-0.15, -0.1) is 10.2 Å². The predicted octanol–water partition coefficient (Wildman–Crippen LogP) is 1.83. The standard InChI is InChI=1S/C10H11Cl2N3O3/c11-8-3-6(9(12)15-14-8)13-4-5-1-2-7(18-5)10(16)17/h3,5,7H,1-2,4H2,(H,13,14)(H,16,17). The van der Waals surface area contributed by atoms with Crippen molar-refractivity contribution in [2.75, 3.05) is 11.9 Å². The van der Waals surface area contributed by atoms with E-state index in [9.17, 15) is 4.79 Å². The number of anilines is 1. The molecule has 0 aromatic carbocycles. The molecule has 1 saturated heterocycles. The van der Waals surface area contributed by atoms with E-state index in [1.807, 2.05) is 0 Å². The largest absolute Gasteiger partial charge is 0.479 e. The number of hydrogen-bond acceptors (Lipinski definition) is 5. The van der Waals surface area contributed by atoms with Crippen LogP contribution in [0.4, 0.5) is 5.69 Å². The number of carbonyl (C=O) groups is 1. The van der Waals surface area contributed by atoms with E-state index in [1.165, 1.54) is 0 Å². The predicted molar refractivity (Wildman–Crippen MR) is 66.1 cm³/mol. The molecule has 0 bridgehead atoms. The minimum Gasteiger partial charge on any atom is -0.479 e. The lowest BCUT2D eigenvalue weighted by molar-refractivity contribution is -0.149. The van der Waals surface area contributed by atoms with Crippen molar-refractivity contribution in [2.24, 2.45) is 0 Å². The van der Waals surface area contributed by atoms with Crippen molar-refractivity contribution in [1.29, 1.82) is 0 Å². The lowest BCUT2D eigenvalue weighted by Gasteiger charge is -2.13. The number of carboxylic acids is 1. The Bertz CT molecular complexity index is 458. The number of nitrogens with zero attached hydrogens (tertiary/aromatic N) is 2. The van der Waals surface area contributed by atoms with Gasteiger partial charge in [-0.3, -0.25) is 0 Å². The number of halogens is 2. The van der Waals surface area contributed by atoms with Crippen LogP contribution in [0.1, 0.15) is 12.8 Å². The Balaban J connectivity index is 1.89. The van der Waals surface area contributed by atoms with Gasteiger partial charge in [0, 0.05) is 12.6 Å². The van der Waals surface area contributed by atoms with E-state index in [-0.39, 0.29) is 16.4 Å². The number of rotatable bonds is 4. The summed E-state index contributed by atoms with van der Waals surface area (Å²) >= 11 is 11.5. The van der Waals surface area contributed by atoms with Gasteiger partial charge in [0.1, 0.15) is 0 Å². The Morgan fingerprint density at radius 2 is 2.28 bits per heavy atom. The first-order chi connectivity index (χ1) is 8.56. The minimum absolute atomic E-state index is 0.158. The van der Waals surface area contributed by atoms with Gasteiger partial charge in [-0.2, -0.15) is 0 Å². The zero-order valence-electron chi connectivity index (χ0n) is 9.27. The molecule has 18 heavy (non-hydrogen) atoms. The molecule has 8 heteroatoms. The second-order valence-corrected chi connectivity index (χ2v) is 4.66. The normalized spacial score (nSPS) is 23.0. The van der Waals surface area contributed by atoms with Gasteiger partial charge < -0.3 is 15.2 Å². The van der Waals surface area contributed by atoms with Crippen LogP contribution in [-0.2, 0) is 9.53 Å². The van der Waals surface area contributed by atoms with Crippen molar-refractivity contribution >= 4 is 34.9 Å². The molecule has 2 N–H and O–H groups in total. The highest BCUT2D eigenvalue weighted by Gasteiger charge is 2.30. The van der Waals surface area contributed by atoms with Crippen LogP contribution in [0, 0.1) is 0 Å². The molecule has 0 radical (unpaired) electrons. The van der Waals surface area contributed by atoms with Crippen molar-refractivity contribution in [2.45, 2.75) is 25.0 Å². The molecule has 0 amide bonds. The van der Waals surface area contributed by atoms with E-state index in [2.05, 4.69) is 15.5 Å². The van der Waals surface area contributed by atoms with Crippen molar-refractivity contribution in [3.63, 3.8) is 0 Å². The number of aromatic nitrogens is 2. The maximum Gasteiger partial charge on any atom is 0.332 e. The number of carboxylic acid groups (broad SMARTS) is 1. The quantitative estimate of drug-likeness (QED) is 0.880. The molecule has 2 rings (SSSR count). The smallest absolute Gasteiger partial charge is 0.332 e. The molecule has 2 unspecified atom stereocenters. The van der Waals surface area contributed by atoms with Gasteiger partial charge in [-0.05, 0) is 12.8 Å². The third-order valence-electron chi connectivity index (χ3n) is 2.62. The SMILES string of the molecule is O=C(O)C1CCC(CNc2cc(Cl)nnc2Cl)O1. The number of hydrogen-bond donors (Lipinski definition) is 2. The highest BCUT2D eigenvalue weighted by molar-refractivity contribution is 6.33. The number of nitrogens with one attached hydrogen (secondary N) is 1. The Morgan fingerprint density at radius 3 is 2.94 bits per heavy atom. The van der Waals surface area contributed by atoms with E-state index in [1.54, 1.807) is 6.07 Å². The molecule has 2 atom stereocenters. The van der Waals surface area contributed by atoms with Gasteiger partial charge in [0.25, 0.3) is 0 Å². The van der Waals surface area contributed by atoms with Gasteiger partial charge in [0.15, 0.2) is 16.4 Å². The van der Waals surface area contributed by atoms with Crippen LogP contribution in [0.15, 0.2) is 6.07 Å². The van der Waals surface area contributed by atoms with Crippen molar-refractivity contribution in [1.82, 2.24) is 10.2 Å². The summed E-state index contributed by atoms with van der Waals surface area (Å²) in [5.41, 5.74) is 0.555. The summed E-state index contributed by atoms with van der Waals surface area (Å²) in [6, 6.07) is 1.56. The van der Waals surface area contributed by atoms with Crippen LogP contribution < -0.4 is 5.32 Å². The number of aliphatic carboxylic acids is 1. The Hall–Kier alpha value is -1.11. The lowest BCUT2D eigenvalue weighted by atomic mass is 10.2. The molecule has 6 nitrogen and oxygen atoms in total. The van der Waals surface area contributed by atoms with Crippen molar-refractivity contribution in [3.05, 3.63) is 16.4 Å². The zero-order chi connectivity index (χ0) is 13.1. The average Bonchev–Trinajstić information content (AvgIpc) is 2.79. The van der Waals surface area contributed by atoms with E-state index >= 15 is 0 Å². The average molecular weight is 292 g/mol. The van der Waals surface area contributed by atoms with Gasteiger partial charge in [0.2, 0.25) is 0 Å². The van der Waals surface area contributed by atoms with Crippen LogP contribution in [0.25, 0.3) is 0 Å². The first kappa shape index (κ1) is 13.3. The number of ether oxygens (including phenoxy) is 1. The molecule has 1 fully saturated rings. The molecule has 2 heterocycles. The summed E-state index contributed by atoms with van der Waals surface area (Å²) < 4.78 is 5.34. The van der Waals surface area contributed by atoms with Crippen LogP contribution in [0.2, 0.25) is 10.3 Å². The van der Waals surface area contributed by atoms with Crippen LogP contribution in [0.3, 0.4) is 0 Å². The van der Waals surface area contributed by atoms with E-state index in [0.29, 0.717) is 25.1 Å². The van der Waals surface area contributed by atoms with Gasteiger partial charge in [0.05, 0.1) is 11.8 Å². The fraction of sp³-hybridized carbons (Fsp3) is 0.500. The summed E-state index contributed by atoms with van der Waals surface area (Å²) in [7, 11) is 0. The molecular weight excluding hydrogens is 281 g/mol. The van der Waals surface area contributed by atoms with E-state index in [4.69, 9.17) is 33.0 Å². The molecular formula is C10H11Cl2N3O3. The van der Waals surface area contributed by atoms with Crippen LogP contribution in [0.5, 0.6) is 0 Å². The van der Waals surface area contributed by atoms with Crippen molar-refractivity contribution in [3.8, 4) is 0 Å². The molecule has 0 aliphatic carbocycles. The minimum atomic E-state index is -0.927. The maximum absolute atomic E-state index is 10.7. The summed E-state index contributed by atoms with van der Waals surface area (Å²) in [6.45, 7) is 0.450. The van der Waals surface area contributed by atoms with Crippen molar-refractivity contribution < 1.29 is 14.6 Å². The Kier molecular flexibility index (Phi) is 4.21. The first-order valence-electron chi connectivity index (χ1n) is 5.37. The topological polar surface area (TPSA) is 84.3 Å². The Morgan fingerprint density at radius 1 is 1.50 bits per heavy atom. The maximum atomic E-state index is 10.7. The highest BCUT2D eigenvalue weighted by atomic mass is 35.5. The van der Waals surface area contributed by atoms with Crippen LogP contribution >= 0.6 is 23.2 Å².